The van der Waals surface area contributed by atoms with Crippen LogP contribution in [-0.2, 0) is 6.54 Å². The lowest BCUT2D eigenvalue weighted by Gasteiger charge is -2.35. The number of aromatic amines is 1. The fourth-order valence-corrected chi connectivity index (χ4v) is 3.26. The van der Waals surface area contributed by atoms with Crippen LogP contribution in [0.5, 0.6) is 0 Å². The van der Waals surface area contributed by atoms with E-state index in [1.807, 2.05) is 36.7 Å². The molecule has 1 aromatic carbocycles. The summed E-state index contributed by atoms with van der Waals surface area (Å²) in [5.74, 6) is 0. The number of rotatable bonds is 4. The summed E-state index contributed by atoms with van der Waals surface area (Å²) in [6.07, 6.45) is 3.79. The van der Waals surface area contributed by atoms with Crippen molar-refractivity contribution in [3.63, 3.8) is 0 Å². The number of nitrogens with one attached hydrogen (secondary N) is 2. The Bertz CT molecular complexity index is 775. The summed E-state index contributed by atoms with van der Waals surface area (Å²) in [6, 6.07) is 16.9. The molecule has 1 fully saturated rings. The number of hydrogen-bond donors (Lipinski definition) is 2. The summed E-state index contributed by atoms with van der Waals surface area (Å²) >= 11 is 0. The highest BCUT2D eigenvalue weighted by atomic mass is 35.5. The molecule has 2 N–H and O–H groups in total. The smallest absolute Gasteiger partial charge is 0.0924 e. The van der Waals surface area contributed by atoms with Crippen LogP contribution in [0, 0.1) is 0 Å². The van der Waals surface area contributed by atoms with Crippen LogP contribution in [0.2, 0.25) is 0 Å². The fraction of sp³-hybridized carbons (Fsp3) is 0.263. The molecule has 1 saturated heterocycles. The zero-order chi connectivity index (χ0) is 16.2. The third kappa shape index (κ3) is 4.07. The fourth-order valence-electron chi connectivity index (χ4n) is 3.26. The average molecular weight is 356 g/mol. The quantitative estimate of drug-likeness (QED) is 0.755. The molecule has 0 amide bonds. The van der Waals surface area contributed by atoms with Crippen LogP contribution in [0.4, 0.5) is 0 Å². The normalized spacial score (nSPS) is 17.8. The van der Waals surface area contributed by atoms with Crippen LogP contribution in [0.15, 0.2) is 60.9 Å². The molecular formula is C19H22ClN5. The molecule has 25 heavy (non-hydrogen) atoms. The molecule has 1 aliphatic heterocycles. The first kappa shape index (κ1) is 17.6. The number of aromatic nitrogens is 3. The number of benzene rings is 1. The second-order valence-corrected chi connectivity index (χ2v) is 6.12. The van der Waals surface area contributed by atoms with Gasteiger partial charge in [0.25, 0.3) is 0 Å². The van der Waals surface area contributed by atoms with E-state index in [-0.39, 0.29) is 12.4 Å². The first-order valence-electron chi connectivity index (χ1n) is 8.34. The van der Waals surface area contributed by atoms with E-state index in [0.29, 0.717) is 6.04 Å². The third-order valence-electron chi connectivity index (χ3n) is 4.50. The van der Waals surface area contributed by atoms with Crippen molar-refractivity contribution < 1.29 is 0 Å². The third-order valence-corrected chi connectivity index (χ3v) is 4.50. The minimum Gasteiger partial charge on any atom is -0.314 e. The first-order chi connectivity index (χ1) is 11.9. The predicted molar refractivity (Wildman–Crippen MR) is 102 cm³/mol. The molecule has 0 aliphatic carbocycles. The summed E-state index contributed by atoms with van der Waals surface area (Å²) in [5, 5.41) is 11.2. The maximum absolute atomic E-state index is 4.47. The molecule has 2 aromatic heterocycles. The lowest BCUT2D eigenvalue weighted by Crippen LogP contribution is -2.45. The van der Waals surface area contributed by atoms with E-state index >= 15 is 0 Å². The molecule has 0 radical (unpaired) electrons. The molecule has 5 nitrogen and oxygen atoms in total. The van der Waals surface area contributed by atoms with Gasteiger partial charge in [-0.05, 0) is 17.7 Å². The summed E-state index contributed by atoms with van der Waals surface area (Å²) in [6.45, 7) is 3.84. The van der Waals surface area contributed by atoms with Gasteiger partial charge < -0.3 is 5.32 Å². The van der Waals surface area contributed by atoms with Crippen LogP contribution in [-0.4, -0.2) is 39.7 Å². The molecule has 130 valence electrons. The Morgan fingerprint density at radius 1 is 1.12 bits per heavy atom. The van der Waals surface area contributed by atoms with E-state index < -0.39 is 0 Å². The SMILES string of the molecule is Cl.c1ccc(-c2cc(CN3CCNCC3c3cccnc3)[nH]n2)cc1. The molecule has 1 unspecified atom stereocenters. The minimum atomic E-state index is 0. The van der Waals surface area contributed by atoms with Gasteiger partial charge in [-0.3, -0.25) is 15.0 Å². The number of halogens is 1. The lowest BCUT2D eigenvalue weighted by molar-refractivity contribution is 0.151. The van der Waals surface area contributed by atoms with Gasteiger partial charge in [0.05, 0.1) is 5.69 Å². The zero-order valence-corrected chi connectivity index (χ0v) is 14.7. The molecule has 3 aromatic rings. The van der Waals surface area contributed by atoms with Crippen molar-refractivity contribution in [2.24, 2.45) is 0 Å². The van der Waals surface area contributed by atoms with E-state index in [0.717, 1.165) is 43.1 Å². The molecule has 1 atom stereocenters. The number of piperazine rings is 1. The topological polar surface area (TPSA) is 56.8 Å². The highest BCUT2D eigenvalue weighted by Crippen LogP contribution is 2.24. The molecule has 1 aliphatic rings. The highest BCUT2D eigenvalue weighted by molar-refractivity contribution is 5.85. The summed E-state index contributed by atoms with van der Waals surface area (Å²) in [5.41, 5.74) is 4.54. The molecule has 0 saturated carbocycles. The van der Waals surface area contributed by atoms with Gasteiger partial charge >= 0.3 is 0 Å². The Morgan fingerprint density at radius 2 is 2.00 bits per heavy atom. The van der Waals surface area contributed by atoms with Gasteiger partial charge in [0, 0.05) is 55.9 Å². The van der Waals surface area contributed by atoms with Crippen molar-refractivity contribution in [3.8, 4) is 11.3 Å². The maximum atomic E-state index is 4.47. The van der Waals surface area contributed by atoms with Crippen molar-refractivity contribution in [1.82, 2.24) is 25.4 Å². The van der Waals surface area contributed by atoms with Crippen LogP contribution < -0.4 is 5.32 Å². The molecular weight excluding hydrogens is 334 g/mol. The second-order valence-electron chi connectivity index (χ2n) is 6.12. The molecule has 3 heterocycles. The monoisotopic (exact) mass is 355 g/mol. The van der Waals surface area contributed by atoms with Crippen LogP contribution in [0.3, 0.4) is 0 Å². The van der Waals surface area contributed by atoms with E-state index in [9.17, 15) is 0 Å². The summed E-state index contributed by atoms with van der Waals surface area (Å²) in [7, 11) is 0. The Labute approximate surface area is 153 Å². The Kier molecular flexibility index (Phi) is 5.81. The summed E-state index contributed by atoms with van der Waals surface area (Å²) < 4.78 is 0. The van der Waals surface area contributed by atoms with Gasteiger partial charge in [-0.25, -0.2) is 0 Å². The molecule has 6 heteroatoms. The zero-order valence-electron chi connectivity index (χ0n) is 13.9. The second kappa shape index (κ2) is 8.25. The van der Waals surface area contributed by atoms with Crippen molar-refractivity contribution in [2.75, 3.05) is 19.6 Å². The number of hydrogen-bond acceptors (Lipinski definition) is 4. The Balaban J connectivity index is 0.00000182. The van der Waals surface area contributed by atoms with Crippen LogP contribution in [0.25, 0.3) is 11.3 Å². The van der Waals surface area contributed by atoms with Crippen LogP contribution >= 0.6 is 12.4 Å². The Morgan fingerprint density at radius 3 is 2.80 bits per heavy atom. The van der Waals surface area contributed by atoms with Crippen molar-refractivity contribution in [2.45, 2.75) is 12.6 Å². The van der Waals surface area contributed by atoms with Gasteiger partial charge in [-0.2, -0.15) is 5.10 Å². The highest BCUT2D eigenvalue weighted by Gasteiger charge is 2.24. The number of pyridine rings is 1. The van der Waals surface area contributed by atoms with Gasteiger partial charge in [-0.1, -0.05) is 36.4 Å². The predicted octanol–water partition coefficient (Wildman–Crippen LogP) is 3.04. The van der Waals surface area contributed by atoms with Crippen LogP contribution in [0.1, 0.15) is 17.3 Å². The van der Waals surface area contributed by atoms with Gasteiger partial charge in [0.2, 0.25) is 0 Å². The standard InChI is InChI=1S/C19H21N5.ClH/c1-2-5-15(6-3-1)18-11-17(22-23-18)14-24-10-9-21-13-19(24)16-7-4-8-20-12-16;/h1-8,11-12,19,21H,9-10,13-14H2,(H,22,23);1H. The van der Waals surface area contributed by atoms with E-state index in [4.69, 9.17) is 0 Å². The number of nitrogens with zero attached hydrogens (tertiary/aromatic N) is 3. The van der Waals surface area contributed by atoms with Crippen molar-refractivity contribution in [1.29, 1.82) is 0 Å². The maximum Gasteiger partial charge on any atom is 0.0924 e. The Hall–Kier alpha value is -2.21. The molecule has 0 spiro atoms. The van der Waals surface area contributed by atoms with E-state index in [1.54, 1.807) is 0 Å². The minimum absolute atomic E-state index is 0. The molecule has 4 rings (SSSR count). The average Bonchev–Trinajstić information content (AvgIpc) is 3.12. The van der Waals surface area contributed by atoms with Crippen molar-refractivity contribution >= 4 is 12.4 Å². The number of H-pyrrole nitrogens is 1. The van der Waals surface area contributed by atoms with Gasteiger partial charge in [0.1, 0.15) is 0 Å². The summed E-state index contributed by atoms with van der Waals surface area (Å²) in [4.78, 5) is 6.75. The van der Waals surface area contributed by atoms with Gasteiger partial charge in [0.15, 0.2) is 0 Å². The first-order valence-corrected chi connectivity index (χ1v) is 8.34. The van der Waals surface area contributed by atoms with E-state index in [2.05, 4.69) is 49.7 Å². The van der Waals surface area contributed by atoms with E-state index in [1.165, 1.54) is 5.56 Å². The lowest BCUT2D eigenvalue weighted by atomic mass is 10.0. The van der Waals surface area contributed by atoms with Crippen molar-refractivity contribution in [3.05, 3.63) is 72.2 Å². The largest absolute Gasteiger partial charge is 0.314 e. The van der Waals surface area contributed by atoms with Gasteiger partial charge in [-0.15, -0.1) is 12.4 Å². The molecule has 0 bridgehead atoms.